The monoisotopic (exact) mass is 350 g/mol. The third-order valence-corrected chi connectivity index (χ3v) is 5.92. The van der Waals surface area contributed by atoms with E-state index in [4.69, 9.17) is 0 Å². The molecule has 1 aliphatic rings. The van der Waals surface area contributed by atoms with Crippen molar-refractivity contribution < 1.29 is 5.11 Å². The van der Waals surface area contributed by atoms with E-state index in [0.717, 1.165) is 26.0 Å². The average molecular weight is 352 g/mol. The Morgan fingerprint density at radius 2 is 2.13 bits per heavy atom. The largest absolute Gasteiger partial charge is 0.383 e. The summed E-state index contributed by atoms with van der Waals surface area (Å²) in [5, 5.41) is 10.2. The Bertz CT molecular complexity index is 364. The molecule has 1 unspecified atom stereocenters. The number of hydrogen-bond acceptors (Lipinski definition) is 2. The third kappa shape index (κ3) is 2.73. The first-order valence-electron chi connectivity index (χ1n) is 5.00. The molecule has 0 aliphatic heterocycles. The molecule has 0 fully saturated rings. The van der Waals surface area contributed by atoms with Gasteiger partial charge in [0.25, 0.3) is 0 Å². The second-order valence-electron chi connectivity index (χ2n) is 3.70. The summed E-state index contributed by atoms with van der Waals surface area (Å²) in [6.45, 7) is 0. The van der Waals surface area contributed by atoms with Gasteiger partial charge in [-0.2, -0.15) is 0 Å². The van der Waals surface area contributed by atoms with E-state index in [9.17, 15) is 5.11 Å². The van der Waals surface area contributed by atoms with Crippen LogP contribution >= 0.6 is 43.2 Å². The van der Waals surface area contributed by atoms with Gasteiger partial charge in [0, 0.05) is 9.35 Å². The van der Waals surface area contributed by atoms with Gasteiger partial charge in [0.2, 0.25) is 0 Å². The van der Waals surface area contributed by atoms with Crippen molar-refractivity contribution in [2.24, 2.45) is 0 Å². The van der Waals surface area contributed by atoms with Crippen LogP contribution in [0.5, 0.6) is 0 Å². The van der Waals surface area contributed by atoms with Crippen molar-refractivity contribution in [3.8, 4) is 0 Å². The Hall–Kier alpha value is 0.360. The molecular weight excluding hydrogens is 340 g/mol. The first kappa shape index (κ1) is 11.8. The van der Waals surface area contributed by atoms with E-state index in [-0.39, 0.29) is 0 Å². The van der Waals surface area contributed by atoms with Crippen molar-refractivity contribution in [3.05, 3.63) is 30.9 Å². The van der Waals surface area contributed by atoms with Crippen LogP contribution in [0.4, 0.5) is 0 Å². The molecule has 0 amide bonds. The molecule has 82 valence electrons. The van der Waals surface area contributed by atoms with E-state index in [1.54, 1.807) is 11.3 Å². The fraction of sp³-hybridized carbons (Fsp3) is 0.455. The van der Waals surface area contributed by atoms with Crippen LogP contribution in [-0.2, 0) is 0 Å². The van der Waals surface area contributed by atoms with Crippen LogP contribution in [0.3, 0.4) is 0 Å². The predicted molar refractivity (Wildman–Crippen MR) is 71.2 cm³/mol. The lowest BCUT2D eigenvalue weighted by molar-refractivity contribution is 0.212. The fourth-order valence-electron chi connectivity index (χ4n) is 1.79. The summed E-state index contributed by atoms with van der Waals surface area (Å²) in [5.41, 5.74) is 1.18. The number of rotatable bonds is 2. The van der Waals surface area contributed by atoms with Gasteiger partial charge in [-0.3, -0.25) is 0 Å². The molecule has 0 radical (unpaired) electrons. The van der Waals surface area contributed by atoms with Crippen molar-refractivity contribution in [2.45, 2.75) is 31.8 Å². The minimum atomic E-state index is -0.405. The standard InChI is InChI=1S/C11H12Br2OS/c12-8-6-9(15-11(8)13)10(14)7-4-2-1-3-5-7/h4,6,10,14H,1-3,5H2. The normalized spacial score (nSPS) is 18.7. The zero-order valence-corrected chi connectivity index (χ0v) is 12.2. The highest BCUT2D eigenvalue weighted by molar-refractivity contribution is 9.13. The average Bonchev–Trinajstić information content (AvgIpc) is 2.59. The van der Waals surface area contributed by atoms with Gasteiger partial charge in [0.15, 0.2) is 0 Å². The van der Waals surface area contributed by atoms with Crippen molar-refractivity contribution in [2.75, 3.05) is 0 Å². The maximum absolute atomic E-state index is 10.2. The summed E-state index contributed by atoms with van der Waals surface area (Å²) >= 11 is 8.49. The Balaban J connectivity index is 2.19. The molecule has 4 heteroatoms. The molecule has 0 spiro atoms. The van der Waals surface area contributed by atoms with Crippen molar-refractivity contribution >= 4 is 43.2 Å². The fourth-order valence-corrected chi connectivity index (χ4v) is 3.91. The predicted octanol–water partition coefficient (Wildman–Crippen LogP) is 4.81. The minimum absolute atomic E-state index is 0.405. The highest BCUT2D eigenvalue weighted by Crippen LogP contribution is 2.39. The Morgan fingerprint density at radius 3 is 2.67 bits per heavy atom. The molecule has 1 atom stereocenters. The summed E-state index contributed by atoms with van der Waals surface area (Å²) in [5.74, 6) is 0. The van der Waals surface area contributed by atoms with E-state index < -0.39 is 6.10 Å². The van der Waals surface area contributed by atoms with Gasteiger partial charge in [-0.1, -0.05) is 6.08 Å². The zero-order valence-electron chi connectivity index (χ0n) is 8.17. The topological polar surface area (TPSA) is 20.2 Å². The molecule has 0 saturated carbocycles. The van der Waals surface area contributed by atoms with Crippen LogP contribution in [0.1, 0.15) is 36.7 Å². The zero-order chi connectivity index (χ0) is 10.8. The molecule has 1 aromatic rings. The van der Waals surface area contributed by atoms with Gasteiger partial charge in [0.1, 0.15) is 6.10 Å². The van der Waals surface area contributed by atoms with Crippen LogP contribution in [-0.4, -0.2) is 5.11 Å². The number of halogens is 2. The second-order valence-corrected chi connectivity index (χ2v) is 6.95. The quantitative estimate of drug-likeness (QED) is 0.758. The van der Waals surface area contributed by atoms with Crippen LogP contribution in [0.25, 0.3) is 0 Å². The van der Waals surface area contributed by atoms with E-state index in [1.165, 1.54) is 18.4 Å². The molecule has 1 aliphatic carbocycles. The summed E-state index contributed by atoms with van der Waals surface area (Å²) in [4.78, 5) is 1.02. The number of thiophene rings is 1. The molecule has 0 aromatic carbocycles. The number of allylic oxidation sites excluding steroid dienone is 1. The lowest BCUT2D eigenvalue weighted by atomic mass is 9.95. The summed E-state index contributed by atoms with van der Waals surface area (Å²) in [6.07, 6.45) is 6.40. The lowest BCUT2D eigenvalue weighted by Gasteiger charge is -2.17. The molecule has 2 rings (SSSR count). The van der Waals surface area contributed by atoms with Gasteiger partial charge >= 0.3 is 0 Å². The van der Waals surface area contributed by atoms with Crippen LogP contribution in [0.15, 0.2) is 26.0 Å². The van der Waals surface area contributed by atoms with Gasteiger partial charge in [0.05, 0.1) is 3.79 Å². The molecule has 1 nitrogen and oxygen atoms in total. The van der Waals surface area contributed by atoms with Gasteiger partial charge in [-0.15, -0.1) is 11.3 Å². The number of aliphatic hydroxyl groups excluding tert-OH is 1. The maximum atomic E-state index is 10.2. The van der Waals surface area contributed by atoms with Gasteiger partial charge in [-0.25, -0.2) is 0 Å². The van der Waals surface area contributed by atoms with E-state index >= 15 is 0 Å². The first-order valence-corrected chi connectivity index (χ1v) is 7.40. The van der Waals surface area contributed by atoms with Crippen LogP contribution < -0.4 is 0 Å². The summed E-state index contributed by atoms with van der Waals surface area (Å²) < 4.78 is 2.07. The molecule has 1 heterocycles. The van der Waals surface area contributed by atoms with E-state index in [2.05, 4.69) is 37.9 Å². The summed E-state index contributed by atoms with van der Waals surface area (Å²) in [6, 6.07) is 1.99. The number of aliphatic hydroxyl groups is 1. The van der Waals surface area contributed by atoms with Crippen LogP contribution in [0.2, 0.25) is 0 Å². The maximum Gasteiger partial charge on any atom is 0.109 e. The molecule has 1 aromatic heterocycles. The summed E-state index contributed by atoms with van der Waals surface area (Å²) in [7, 11) is 0. The van der Waals surface area contributed by atoms with Crippen molar-refractivity contribution in [1.82, 2.24) is 0 Å². The van der Waals surface area contributed by atoms with Gasteiger partial charge in [-0.05, 0) is 69.2 Å². The lowest BCUT2D eigenvalue weighted by Crippen LogP contribution is -2.02. The second kappa shape index (κ2) is 5.13. The van der Waals surface area contributed by atoms with E-state index in [0.29, 0.717) is 0 Å². The Kier molecular flexibility index (Phi) is 4.04. The van der Waals surface area contributed by atoms with Crippen molar-refractivity contribution in [1.29, 1.82) is 0 Å². The Morgan fingerprint density at radius 1 is 1.33 bits per heavy atom. The number of hydrogen-bond donors (Lipinski definition) is 1. The smallest absolute Gasteiger partial charge is 0.109 e. The van der Waals surface area contributed by atoms with E-state index in [1.807, 2.05) is 6.07 Å². The highest BCUT2D eigenvalue weighted by atomic mass is 79.9. The minimum Gasteiger partial charge on any atom is -0.383 e. The van der Waals surface area contributed by atoms with Crippen molar-refractivity contribution in [3.63, 3.8) is 0 Å². The van der Waals surface area contributed by atoms with Crippen LogP contribution in [0, 0.1) is 0 Å². The molecule has 0 saturated heterocycles. The third-order valence-electron chi connectivity index (χ3n) is 2.61. The first-order chi connectivity index (χ1) is 7.18. The SMILES string of the molecule is OC(C1=CCCCC1)c1cc(Br)c(Br)s1. The molecular formula is C11H12Br2OS. The Labute approximate surface area is 110 Å². The van der Waals surface area contributed by atoms with Gasteiger partial charge < -0.3 is 5.11 Å². The highest BCUT2D eigenvalue weighted by Gasteiger charge is 2.18. The molecule has 0 bridgehead atoms. The molecule has 15 heavy (non-hydrogen) atoms. The molecule has 1 N–H and O–H groups in total.